The highest BCUT2D eigenvalue weighted by Gasteiger charge is 2.37. The Balaban J connectivity index is 1.28. The third kappa shape index (κ3) is 4.80. The van der Waals surface area contributed by atoms with Crippen LogP contribution in [0.1, 0.15) is 19.3 Å². The van der Waals surface area contributed by atoms with E-state index in [2.05, 4.69) is 20.6 Å². The molecule has 2 aliphatic rings. The largest absolute Gasteiger partial charge is 0.437 e. The van der Waals surface area contributed by atoms with Gasteiger partial charge in [-0.15, -0.1) is 0 Å². The van der Waals surface area contributed by atoms with Crippen molar-refractivity contribution in [1.82, 2.24) is 20.2 Å². The molecule has 2 aliphatic heterocycles. The molecule has 1 atom stereocenters. The van der Waals surface area contributed by atoms with Crippen LogP contribution in [0.5, 0.6) is 11.6 Å². The van der Waals surface area contributed by atoms with E-state index in [4.69, 9.17) is 9.47 Å². The predicted molar refractivity (Wildman–Crippen MR) is 105 cm³/mol. The minimum atomic E-state index is -0.501. The van der Waals surface area contributed by atoms with E-state index in [1.807, 2.05) is 4.90 Å². The van der Waals surface area contributed by atoms with Crippen molar-refractivity contribution >= 4 is 17.6 Å². The van der Waals surface area contributed by atoms with Crippen LogP contribution in [0.2, 0.25) is 0 Å². The lowest BCUT2D eigenvalue weighted by molar-refractivity contribution is -0.132. The molecule has 2 aromatic rings. The van der Waals surface area contributed by atoms with Crippen molar-refractivity contribution in [2.75, 3.05) is 25.1 Å². The van der Waals surface area contributed by atoms with Gasteiger partial charge in [0.25, 0.3) is 0 Å². The zero-order valence-corrected chi connectivity index (χ0v) is 15.9. The molecule has 2 fully saturated rings. The number of nitrogens with one attached hydrogen (secondary N) is 2. The lowest BCUT2D eigenvalue weighted by Gasteiger charge is -2.31. The summed E-state index contributed by atoms with van der Waals surface area (Å²) in [5.74, 6) is 0.944. The normalized spacial score (nSPS) is 19.8. The van der Waals surface area contributed by atoms with E-state index in [1.165, 1.54) is 6.20 Å². The van der Waals surface area contributed by atoms with Crippen LogP contribution >= 0.6 is 0 Å². The summed E-state index contributed by atoms with van der Waals surface area (Å²) >= 11 is 0. The van der Waals surface area contributed by atoms with Crippen LogP contribution in [-0.2, 0) is 9.53 Å². The molecule has 152 valence electrons. The van der Waals surface area contributed by atoms with Crippen LogP contribution in [0, 0.1) is 0 Å². The number of carbonyl (C=O) groups excluding carboxylic acids is 2. The minimum absolute atomic E-state index is 0.0228. The lowest BCUT2D eigenvalue weighted by atomic mass is 10.1. The fourth-order valence-electron chi connectivity index (χ4n) is 3.56. The van der Waals surface area contributed by atoms with Gasteiger partial charge in [-0.1, -0.05) is 0 Å². The summed E-state index contributed by atoms with van der Waals surface area (Å²) < 4.78 is 10.9. The number of hydrogen-bond acceptors (Lipinski definition) is 6. The molecule has 0 radical (unpaired) electrons. The Kier molecular flexibility index (Phi) is 5.85. The quantitative estimate of drug-likeness (QED) is 0.801. The van der Waals surface area contributed by atoms with Crippen LogP contribution in [0.25, 0.3) is 0 Å². The van der Waals surface area contributed by atoms with Crippen LogP contribution in [0.3, 0.4) is 0 Å². The summed E-state index contributed by atoms with van der Waals surface area (Å²) in [5.41, 5.74) is 0.507. The number of ether oxygens (including phenoxy) is 2. The molecule has 4 heterocycles. The number of nitrogens with zero attached hydrogens (tertiary/aromatic N) is 3. The van der Waals surface area contributed by atoms with Gasteiger partial charge in [-0.2, -0.15) is 0 Å². The summed E-state index contributed by atoms with van der Waals surface area (Å²) in [4.78, 5) is 34.9. The van der Waals surface area contributed by atoms with E-state index in [9.17, 15) is 9.59 Å². The second-order valence-corrected chi connectivity index (χ2v) is 6.99. The van der Waals surface area contributed by atoms with Gasteiger partial charge in [0.15, 0.2) is 0 Å². The molecule has 1 unspecified atom stereocenters. The van der Waals surface area contributed by atoms with Gasteiger partial charge in [0.05, 0.1) is 18.1 Å². The number of rotatable bonds is 5. The van der Waals surface area contributed by atoms with E-state index >= 15 is 0 Å². The number of carbonyl (C=O) groups is 2. The van der Waals surface area contributed by atoms with E-state index in [0.29, 0.717) is 43.5 Å². The van der Waals surface area contributed by atoms with Gasteiger partial charge in [0.2, 0.25) is 11.8 Å². The standard InChI is InChI=1S/C20H23N5O4/c26-19-17(5-9-25(19)15-6-10-28-11-7-15)24-20(27)23-14-3-4-18(22-12-14)29-16-2-1-8-21-13-16/h1-4,8,12-13,15,17H,5-7,9-11H2,(H2,23,24,27). The average Bonchev–Trinajstić information content (AvgIpc) is 3.11. The Bertz CT molecular complexity index is 840. The Morgan fingerprint density at radius 1 is 1.17 bits per heavy atom. The number of urea groups is 1. The molecule has 9 nitrogen and oxygen atoms in total. The molecule has 9 heteroatoms. The summed E-state index contributed by atoms with van der Waals surface area (Å²) in [5, 5.41) is 5.46. The molecular formula is C20H23N5O4. The summed E-state index contributed by atoms with van der Waals surface area (Å²) in [6.45, 7) is 2.03. The molecule has 29 heavy (non-hydrogen) atoms. The van der Waals surface area contributed by atoms with Gasteiger partial charge in [-0.05, 0) is 37.5 Å². The number of anilines is 1. The minimum Gasteiger partial charge on any atom is -0.437 e. The Morgan fingerprint density at radius 2 is 2.03 bits per heavy atom. The van der Waals surface area contributed by atoms with Crippen molar-refractivity contribution < 1.29 is 19.1 Å². The molecular weight excluding hydrogens is 374 g/mol. The number of aromatic nitrogens is 2. The second kappa shape index (κ2) is 8.87. The monoisotopic (exact) mass is 397 g/mol. The first-order valence-corrected chi connectivity index (χ1v) is 9.69. The van der Waals surface area contributed by atoms with Crippen molar-refractivity contribution in [3.63, 3.8) is 0 Å². The number of pyridine rings is 2. The molecule has 0 saturated carbocycles. The molecule has 0 aliphatic carbocycles. The SMILES string of the molecule is O=C(Nc1ccc(Oc2cccnc2)nc1)NC1CCN(C2CCOCC2)C1=O. The highest BCUT2D eigenvalue weighted by molar-refractivity contribution is 5.94. The first kappa shape index (κ1) is 19.1. The number of amides is 3. The Morgan fingerprint density at radius 3 is 2.76 bits per heavy atom. The van der Waals surface area contributed by atoms with Crippen molar-refractivity contribution in [3.8, 4) is 11.6 Å². The second-order valence-electron chi connectivity index (χ2n) is 6.99. The number of hydrogen-bond donors (Lipinski definition) is 2. The summed E-state index contributed by atoms with van der Waals surface area (Å²) in [6.07, 6.45) is 7.05. The van der Waals surface area contributed by atoms with Crippen molar-refractivity contribution in [3.05, 3.63) is 42.9 Å². The van der Waals surface area contributed by atoms with Crippen molar-refractivity contribution in [2.24, 2.45) is 0 Å². The first-order chi connectivity index (χ1) is 14.2. The summed E-state index contributed by atoms with van der Waals surface area (Å²) in [6, 6.07) is 6.15. The van der Waals surface area contributed by atoms with Gasteiger partial charge in [-0.3, -0.25) is 9.78 Å². The van der Waals surface area contributed by atoms with E-state index in [0.717, 1.165) is 12.8 Å². The highest BCUT2D eigenvalue weighted by atomic mass is 16.5. The van der Waals surface area contributed by atoms with Gasteiger partial charge >= 0.3 is 6.03 Å². The molecule has 0 aromatic carbocycles. The Hall–Kier alpha value is -3.20. The lowest BCUT2D eigenvalue weighted by Crippen LogP contribution is -2.47. The molecule has 0 spiro atoms. The fraction of sp³-hybridized carbons (Fsp3) is 0.400. The van der Waals surface area contributed by atoms with Crippen molar-refractivity contribution in [1.29, 1.82) is 0 Å². The summed E-state index contributed by atoms with van der Waals surface area (Å²) in [7, 11) is 0. The predicted octanol–water partition coefficient (Wildman–Crippen LogP) is 2.17. The molecule has 3 amide bonds. The maximum atomic E-state index is 12.6. The van der Waals surface area contributed by atoms with E-state index in [1.54, 1.807) is 36.7 Å². The number of likely N-dealkylation sites (tertiary alicyclic amines) is 1. The van der Waals surface area contributed by atoms with Crippen LogP contribution in [-0.4, -0.2) is 58.6 Å². The average molecular weight is 397 g/mol. The smallest absolute Gasteiger partial charge is 0.319 e. The van der Waals surface area contributed by atoms with Crippen LogP contribution in [0.15, 0.2) is 42.9 Å². The van der Waals surface area contributed by atoms with E-state index in [-0.39, 0.29) is 11.9 Å². The topological polar surface area (TPSA) is 106 Å². The zero-order valence-electron chi connectivity index (χ0n) is 15.9. The van der Waals surface area contributed by atoms with Gasteiger partial charge < -0.3 is 25.0 Å². The molecule has 2 aromatic heterocycles. The molecule has 4 rings (SSSR count). The highest BCUT2D eigenvalue weighted by Crippen LogP contribution is 2.22. The third-order valence-electron chi connectivity index (χ3n) is 5.03. The maximum absolute atomic E-state index is 12.6. The third-order valence-corrected chi connectivity index (χ3v) is 5.03. The van der Waals surface area contributed by atoms with Crippen LogP contribution in [0.4, 0.5) is 10.5 Å². The Labute approximate surface area is 168 Å². The molecule has 2 N–H and O–H groups in total. The van der Waals surface area contributed by atoms with E-state index < -0.39 is 12.1 Å². The molecule has 2 saturated heterocycles. The van der Waals surface area contributed by atoms with Gasteiger partial charge in [-0.25, -0.2) is 9.78 Å². The first-order valence-electron chi connectivity index (χ1n) is 9.69. The molecule has 0 bridgehead atoms. The van der Waals surface area contributed by atoms with Crippen LogP contribution < -0.4 is 15.4 Å². The maximum Gasteiger partial charge on any atom is 0.319 e. The van der Waals surface area contributed by atoms with Gasteiger partial charge in [0.1, 0.15) is 11.8 Å². The van der Waals surface area contributed by atoms with Crippen molar-refractivity contribution in [2.45, 2.75) is 31.3 Å². The van der Waals surface area contributed by atoms with Gasteiger partial charge in [0, 0.05) is 38.1 Å². The fourth-order valence-corrected chi connectivity index (χ4v) is 3.56. The zero-order chi connectivity index (χ0) is 20.1.